The zero-order chi connectivity index (χ0) is 11.9. The van der Waals surface area contributed by atoms with Gasteiger partial charge in [0, 0.05) is 12.6 Å². The predicted octanol–water partition coefficient (Wildman–Crippen LogP) is 3.74. The van der Waals surface area contributed by atoms with Gasteiger partial charge in [0.2, 0.25) is 0 Å². The molecule has 0 aromatic rings. The van der Waals surface area contributed by atoms with E-state index in [0.29, 0.717) is 5.92 Å². The maximum atomic E-state index is 11.9. The van der Waals surface area contributed by atoms with Crippen LogP contribution in [0.2, 0.25) is 0 Å². The van der Waals surface area contributed by atoms with Gasteiger partial charge in [0.15, 0.2) is 0 Å². The molecule has 0 radical (unpaired) electrons. The van der Waals surface area contributed by atoms with Crippen molar-refractivity contribution in [2.24, 2.45) is 5.92 Å². The molecular formula is C11H22F3N. The highest BCUT2D eigenvalue weighted by Crippen LogP contribution is 2.19. The van der Waals surface area contributed by atoms with Gasteiger partial charge in [0.1, 0.15) is 0 Å². The average molecular weight is 225 g/mol. The molecule has 0 aliphatic carbocycles. The number of hydrogen-bond acceptors (Lipinski definition) is 1. The molecular weight excluding hydrogens is 203 g/mol. The summed E-state index contributed by atoms with van der Waals surface area (Å²) in [5, 5.41) is 2.97. The lowest BCUT2D eigenvalue weighted by Crippen LogP contribution is -2.33. The Morgan fingerprint density at radius 1 is 1.13 bits per heavy atom. The Morgan fingerprint density at radius 2 is 1.73 bits per heavy atom. The second-order valence-corrected chi connectivity index (χ2v) is 4.17. The van der Waals surface area contributed by atoms with Crippen molar-refractivity contribution in [2.45, 2.75) is 58.7 Å². The van der Waals surface area contributed by atoms with Crippen LogP contribution in [-0.2, 0) is 0 Å². The maximum Gasteiger partial charge on any atom is 0.390 e. The van der Waals surface area contributed by atoms with E-state index >= 15 is 0 Å². The van der Waals surface area contributed by atoms with Crippen LogP contribution in [-0.4, -0.2) is 18.8 Å². The van der Waals surface area contributed by atoms with Gasteiger partial charge in [-0.3, -0.25) is 0 Å². The lowest BCUT2D eigenvalue weighted by atomic mass is 9.98. The summed E-state index contributed by atoms with van der Waals surface area (Å²) >= 11 is 0. The minimum atomic E-state index is -4.04. The number of nitrogens with one attached hydrogen (secondary N) is 1. The third-order valence-corrected chi connectivity index (χ3v) is 2.72. The van der Waals surface area contributed by atoms with E-state index in [4.69, 9.17) is 0 Å². The summed E-state index contributed by atoms with van der Waals surface area (Å²) in [6, 6.07) is 0.224. The summed E-state index contributed by atoms with van der Waals surface area (Å²) in [7, 11) is 0. The van der Waals surface area contributed by atoms with Gasteiger partial charge in [0.25, 0.3) is 0 Å². The molecule has 0 bridgehead atoms. The molecule has 1 nitrogen and oxygen atoms in total. The van der Waals surface area contributed by atoms with Gasteiger partial charge in [-0.05, 0) is 18.8 Å². The van der Waals surface area contributed by atoms with Gasteiger partial charge in [0.05, 0.1) is 6.42 Å². The SMILES string of the molecule is CCC(C)CC(CC)NCCC(F)(F)F. The Balaban J connectivity index is 3.71. The molecule has 0 amide bonds. The summed E-state index contributed by atoms with van der Waals surface area (Å²) in [5.41, 5.74) is 0. The number of rotatable bonds is 7. The van der Waals surface area contributed by atoms with Crippen LogP contribution in [0.3, 0.4) is 0 Å². The molecule has 1 N–H and O–H groups in total. The van der Waals surface area contributed by atoms with Crippen LogP contribution in [0.1, 0.15) is 46.5 Å². The predicted molar refractivity (Wildman–Crippen MR) is 56.8 cm³/mol. The highest BCUT2D eigenvalue weighted by atomic mass is 19.4. The van der Waals surface area contributed by atoms with Crippen molar-refractivity contribution < 1.29 is 13.2 Å². The van der Waals surface area contributed by atoms with Gasteiger partial charge in [-0.2, -0.15) is 13.2 Å². The zero-order valence-electron chi connectivity index (χ0n) is 9.82. The molecule has 0 saturated heterocycles. The monoisotopic (exact) mass is 225 g/mol. The molecule has 4 heteroatoms. The van der Waals surface area contributed by atoms with Crippen molar-refractivity contribution in [1.29, 1.82) is 0 Å². The van der Waals surface area contributed by atoms with E-state index in [1.165, 1.54) is 0 Å². The molecule has 0 spiro atoms. The van der Waals surface area contributed by atoms with Crippen LogP contribution >= 0.6 is 0 Å². The fourth-order valence-electron chi connectivity index (χ4n) is 1.46. The highest BCUT2D eigenvalue weighted by molar-refractivity contribution is 4.68. The lowest BCUT2D eigenvalue weighted by Gasteiger charge is -2.20. The average Bonchev–Trinajstić information content (AvgIpc) is 2.14. The molecule has 2 unspecified atom stereocenters. The van der Waals surface area contributed by atoms with E-state index < -0.39 is 12.6 Å². The van der Waals surface area contributed by atoms with E-state index in [-0.39, 0.29) is 12.6 Å². The molecule has 15 heavy (non-hydrogen) atoms. The number of alkyl halides is 3. The third kappa shape index (κ3) is 8.73. The molecule has 0 aromatic carbocycles. The Labute approximate surface area is 90.4 Å². The molecule has 0 fully saturated rings. The van der Waals surface area contributed by atoms with Crippen molar-refractivity contribution in [3.05, 3.63) is 0 Å². The molecule has 0 saturated carbocycles. The van der Waals surface area contributed by atoms with E-state index in [2.05, 4.69) is 19.2 Å². The summed E-state index contributed by atoms with van der Waals surface area (Å²) < 4.78 is 35.7. The van der Waals surface area contributed by atoms with Crippen LogP contribution in [0.4, 0.5) is 13.2 Å². The lowest BCUT2D eigenvalue weighted by molar-refractivity contribution is -0.133. The normalized spacial score (nSPS) is 16.4. The molecule has 0 aliphatic rings. The first kappa shape index (κ1) is 14.8. The topological polar surface area (TPSA) is 12.0 Å². The zero-order valence-corrected chi connectivity index (χ0v) is 9.82. The first-order chi connectivity index (χ1) is 6.89. The summed E-state index contributed by atoms with van der Waals surface area (Å²) in [6.07, 6.45) is -1.84. The maximum absolute atomic E-state index is 11.9. The Bertz CT molecular complexity index is 156. The highest BCUT2D eigenvalue weighted by Gasteiger charge is 2.26. The van der Waals surface area contributed by atoms with Gasteiger partial charge in [-0.1, -0.05) is 27.2 Å². The Hall–Kier alpha value is -0.250. The minimum Gasteiger partial charge on any atom is -0.314 e. The molecule has 0 aromatic heterocycles. The van der Waals surface area contributed by atoms with Gasteiger partial charge in [-0.15, -0.1) is 0 Å². The number of hydrogen-bond donors (Lipinski definition) is 1. The van der Waals surface area contributed by atoms with Crippen molar-refractivity contribution >= 4 is 0 Å². The van der Waals surface area contributed by atoms with Crippen molar-refractivity contribution in [3.63, 3.8) is 0 Å². The molecule has 0 rings (SSSR count). The van der Waals surface area contributed by atoms with E-state index in [9.17, 15) is 13.2 Å². The number of halogens is 3. The van der Waals surface area contributed by atoms with Crippen LogP contribution in [0.25, 0.3) is 0 Å². The van der Waals surface area contributed by atoms with Crippen molar-refractivity contribution in [3.8, 4) is 0 Å². The Morgan fingerprint density at radius 3 is 2.13 bits per heavy atom. The smallest absolute Gasteiger partial charge is 0.314 e. The van der Waals surface area contributed by atoms with E-state index in [0.717, 1.165) is 19.3 Å². The minimum absolute atomic E-state index is 0.0401. The third-order valence-electron chi connectivity index (χ3n) is 2.72. The van der Waals surface area contributed by atoms with Crippen LogP contribution in [0.5, 0.6) is 0 Å². The summed E-state index contributed by atoms with van der Waals surface area (Å²) in [6.45, 7) is 6.28. The van der Waals surface area contributed by atoms with Crippen LogP contribution in [0, 0.1) is 5.92 Å². The fourth-order valence-corrected chi connectivity index (χ4v) is 1.46. The van der Waals surface area contributed by atoms with Crippen LogP contribution < -0.4 is 5.32 Å². The second-order valence-electron chi connectivity index (χ2n) is 4.17. The standard InChI is InChI=1S/C11H22F3N/c1-4-9(3)8-10(5-2)15-7-6-11(12,13)14/h9-10,15H,4-8H2,1-3H3. The first-order valence-electron chi connectivity index (χ1n) is 5.69. The van der Waals surface area contributed by atoms with Crippen molar-refractivity contribution in [1.82, 2.24) is 5.32 Å². The quantitative estimate of drug-likeness (QED) is 0.696. The molecule has 0 aliphatic heterocycles. The van der Waals surface area contributed by atoms with E-state index in [1.54, 1.807) is 0 Å². The van der Waals surface area contributed by atoms with E-state index in [1.807, 2.05) is 6.92 Å². The fraction of sp³-hybridized carbons (Fsp3) is 1.00. The first-order valence-corrected chi connectivity index (χ1v) is 5.69. The molecule has 92 valence electrons. The van der Waals surface area contributed by atoms with Gasteiger partial charge >= 0.3 is 6.18 Å². The second kappa shape index (κ2) is 7.09. The van der Waals surface area contributed by atoms with Crippen LogP contribution in [0.15, 0.2) is 0 Å². The summed E-state index contributed by atoms with van der Waals surface area (Å²) in [4.78, 5) is 0. The Kier molecular flexibility index (Phi) is 6.98. The molecule has 2 atom stereocenters. The van der Waals surface area contributed by atoms with Gasteiger partial charge in [-0.25, -0.2) is 0 Å². The largest absolute Gasteiger partial charge is 0.390 e. The van der Waals surface area contributed by atoms with Gasteiger partial charge < -0.3 is 5.32 Å². The van der Waals surface area contributed by atoms with Crippen molar-refractivity contribution in [2.75, 3.05) is 6.54 Å². The molecule has 0 heterocycles. The summed E-state index contributed by atoms with van der Waals surface area (Å²) in [5.74, 6) is 0.577.